The molecule has 1 amide bonds. The van der Waals surface area contributed by atoms with Crippen LogP contribution in [0.15, 0.2) is 0 Å². The van der Waals surface area contributed by atoms with Gasteiger partial charge in [-0.25, -0.2) is 0 Å². The highest BCUT2D eigenvalue weighted by molar-refractivity contribution is 5.79. The quantitative estimate of drug-likeness (QED) is 0.868. The van der Waals surface area contributed by atoms with Crippen LogP contribution < -0.4 is 0 Å². The third-order valence-electron chi connectivity index (χ3n) is 6.80. The van der Waals surface area contributed by atoms with Crippen molar-refractivity contribution in [3.63, 3.8) is 0 Å². The topological polar surface area (TPSA) is 49.8 Å². The molecule has 23 heavy (non-hydrogen) atoms. The Morgan fingerprint density at radius 2 is 1.78 bits per heavy atom. The summed E-state index contributed by atoms with van der Waals surface area (Å²) in [5.41, 5.74) is 0.324. The van der Waals surface area contributed by atoms with E-state index in [4.69, 9.17) is 4.74 Å². The number of aliphatic hydroxyl groups is 1. The zero-order valence-electron chi connectivity index (χ0n) is 15.0. The Kier molecular flexibility index (Phi) is 4.76. The van der Waals surface area contributed by atoms with E-state index in [0.29, 0.717) is 17.9 Å². The second-order valence-corrected chi connectivity index (χ2v) is 8.69. The summed E-state index contributed by atoms with van der Waals surface area (Å²) in [5.74, 6) is 0.586. The van der Waals surface area contributed by atoms with Gasteiger partial charge in [-0.3, -0.25) is 4.79 Å². The Morgan fingerprint density at radius 1 is 1.17 bits per heavy atom. The first-order valence-electron chi connectivity index (χ1n) is 9.46. The first kappa shape index (κ1) is 17.2. The maximum absolute atomic E-state index is 12.8. The van der Waals surface area contributed by atoms with Crippen LogP contribution in [0.5, 0.6) is 0 Å². The number of carbonyl (C=O) groups is 1. The van der Waals surface area contributed by atoms with E-state index >= 15 is 0 Å². The van der Waals surface area contributed by atoms with E-state index in [1.165, 1.54) is 0 Å². The molecule has 2 unspecified atom stereocenters. The number of hydrogen-bond donors (Lipinski definition) is 1. The zero-order valence-corrected chi connectivity index (χ0v) is 15.0. The lowest BCUT2D eigenvalue weighted by Gasteiger charge is -2.56. The predicted octanol–water partition coefficient (Wildman–Crippen LogP) is 2.98. The number of piperidine rings is 1. The monoisotopic (exact) mass is 323 g/mol. The van der Waals surface area contributed by atoms with Crippen LogP contribution in [0.25, 0.3) is 0 Å². The van der Waals surface area contributed by atoms with Gasteiger partial charge in [0.25, 0.3) is 0 Å². The van der Waals surface area contributed by atoms with Gasteiger partial charge in [0.15, 0.2) is 0 Å². The molecule has 2 saturated carbocycles. The number of likely N-dealkylation sites (tertiary alicyclic amines) is 1. The van der Waals surface area contributed by atoms with Crippen LogP contribution >= 0.6 is 0 Å². The second kappa shape index (κ2) is 6.36. The van der Waals surface area contributed by atoms with E-state index in [0.717, 1.165) is 58.0 Å². The van der Waals surface area contributed by atoms with Crippen LogP contribution in [0.2, 0.25) is 0 Å². The summed E-state index contributed by atoms with van der Waals surface area (Å²) < 4.78 is 5.81. The van der Waals surface area contributed by atoms with Crippen LogP contribution in [-0.4, -0.2) is 47.8 Å². The molecule has 1 spiro atoms. The smallest absolute Gasteiger partial charge is 0.225 e. The van der Waals surface area contributed by atoms with Gasteiger partial charge < -0.3 is 14.7 Å². The van der Waals surface area contributed by atoms with Gasteiger partial charge in [0.1, 0.15) is 0 Å². The molecule has 0 bridgehead atoms. The number of aliphatic hydroxyl groups excluding tert-OH is 1. The molecule has 1 N–H and O–H groups in total. The van der Waals surface area contributed by atoms with Crippen molar-refractivity contribution in [3.8, 4) is 0 Å². The number of amides is 1. The van der Waals surface area contributed by atoms with Gasteiger partial charge in [-0.15, -0.1) is 0 Å². The average Bonchev–Trinajstić information content (AvgIpc) is 2.54. The highest BCUT2D eigenvalue weighted by Gasteiger charge is 2.56. The summed E-state index contributed by atoms with van der Waals surface area (Å²) in [5, 5.41) is 10.3. The summed E-state index contributed by atoms with van der Waals surface area (Å²) in [6.45, 7) is 8.92. The highest BCUT2D eigenvalue weighted by atomic mass is 16.5. The van der Waals surface area contributed by atoms with Crippen molar-refractivity contribution < 1.29 is 14.6 Å². The van der Waals surface area contributed by atoms with Gasteiger partial charge in [-0.2, -0.15) is 0 Å². The SMILES string of the molecule is CCOC1CC(O)C12CCN(C(=O)C1CCC(C)(C)CC1)CC2. The minimum absolute atomic E-state index is 0.0820. The molecule has 0 aromatic rings. The minimum Gasteiger partial charge on any atom is -0.392 e. The third kappa shape index (κ3) is 3.17. The molecule has 3 rings (SSSR count). The number of rotatable bonds is 3. The Bertz CT molecular complexity index is 428. The summed E-state index contributed by atoms with van der Waals surface area (Å²) in [4.78, 5) is 14.9. The first-order valence-corrected chi connectivity index (χ1v) is 9.46. The summed E-state index contributed by atoms with van der Waals surface area (Å²) >= 11 is 0. The molecule has 1 heterocycles. The van der Waals surface area contributed by atoms with E-state index < -0.39 is 0 Å². The minimum atomic E-state index is -0.244. The maximum atomic E-state index is 12.8. The number of hydrogen-bond acceptors (Lipinski definition) is 3. The lowest BCUT2D eigenvalue weighted by atomic mass is 9.58. The second-order valence-electron chi connectivity index (χ2n) is 8.69. The maximum Gasteiger partial charge on any atom is 0.225 e. The van der Waals surface area contributed by atoms with E-state index in [9.17, 15) is 9.90 Å². The predicted molar refractivity (Wildman–Crippen MR) is 90.0 cm³/mol. The molecule has 132 valence electrons. The number of carbonyl (C=O) groups excluding carboxylic acids is 1. The average molecular weight is 323 g/mol. The normalized spacial score (nSPS) is 33.5. The van der Waals surface area contributed by atoms with Crippen LogP contribution in [0.3, 0.4) is 0 Å². The van der Waals surface area contributed by atoms with E-state index in [-0.39, 0.29) is 23.5 Å². The van der Waals surface area contributed by atoms with Crippen molar-refractivity contribution in [2.45, 2.75) is 77.9 Å². The van der Waals surface area contributed by atoms with E-state index in [1.54, 1.807) is 0 Å². The molecule has 0 aromatic heterocycles. The van der Waals surface area contributed by atoms with Crippen molar-refractivity contribution in [2.75, 3.05) is 19.7 Å². The van der Waals surface area contributed by atoms with Gasteiger partial charge >= 0.3 is 0 Å². The molecule has 3 aliphatic rings. The molecule has 1 saturated heterocycles. The zero-order chi connectivity index (χ0) is 16.7. The standard InChI is InChI=1S/C19H33NO3/c1-4-23-16-13-15(21)19(16)9-11-20(12-10-19)17(22)14-5-7-18(2,3)8-6-14/h14-16,21H,4-13H2,1-3H3. The molecular weight excluding hydrogens is 290 g/mol. The fraction of sp³-hybridized carbons (Fsp3) is 0.947. The van der Waals surface area contributed by atoms with E-state index in [2.05, 4.69) is 18.7 Å². The van der Waals surface area contributed by atoms with Crippen LogP contribution in [0, 0.1) is 16.7 Å². The van der Waals surface area contributed by atoms with Gasteiger partial charge in [0, 0.05) is 37.5 Å². The van der Waals surface area contributed by atoms with E-state index in [1.807, 2.05) is 6.92 Å². The lowest BCUT2D eigenvalue weighted by Crippen LogP contribution is -2.63. The molecule has 2 atom stereocenters. The molecular formula is C19H33NO3. The fourth-order valence-corrected chi connectivity index (χ4v) is 4.86. The molecule has 1 aliphatic heterocycles. The molecule has 2 aliphatic carbocycles. The van der Waals surface area contributed by atoms with Gasteiger partial charge in [0.05, 0.1) is 12.2 Å². The Hall–Kier alpha value is -0.610. The van der Waals surface area contributed by atoms with Crippen molar-refractivity contribution in [1.29, 1.82) is 0 Å². The van der Waals surface area contributed by atoms with Gasteiger partial charge in [-0.1, -0.05) is 13.8 Å². The summed E-state index contributed by atoms with van der Waals surface area (Å²) in [6, 6.07) is 0. The van der Waals surface area contributed by atoms with Crippen LogP contribution in [0.4, 0.5) is 0 Å². The largest absolute Gasteiger partial charge is 0.392 e. The number of ether oxygens (including phenoxy) is 1. The highest BCUT2D eigenvalue weighted by Crippen LogP contribution is 2.51. The summed E-state index contributed by atoms with van der Waals surface area (Å²) in [6.07, 6.45) is 6.89. The van der Waals surface area contributed by atoms with Crippen molar-refractivity contribution in [1.82, 2.24) is 4.90 Å². The van der Waals surface area contributed by atoms with Gasteiger partial charge in [0.2, 0.25) is 5.91 Å². The Morgan fingerprint density at radius 3 is 2.30 bits per heavy atom. The molecule has 4 nitrogen and oxygen atoms in total. The molecule has 0 radical (unpaired) electrons. The Labute approximate surface area is 140 Å². The van der Waals surface area contributed by atoms with Gasteiger partial charge in [-0.05, 0) is 50.9 Å². The molecule has 4 heteroatoms. The summed E-state index contributed by atoms with van der Waals surface area (Å²) in [7, 11) is 0. The lowest BCUT2D eigenvalue weighted by molar-refractivity contribution is -0.210. The van der Waals surface area contributed by atoms with Crippen molar-refractivity contribution in [3.05, 3.63) is 0 Å². The van der Waals surface area contributed by atoms with Crippen LogP contribution in [0.1, 0.15) is 65.7 Å². The molecule has 3 fully saturated rings. The third-order valence-corrected chi connectivity index (χ3v) is 6.80. The first-order chi connectivity index (χ1) is 10.9. The molecule has 0 aromatic carbocycles. The van der Waals surface area contributed by atoms with Crippen molar-refractivity contribution >= 4 is 5.91 Å². The Balaban J connectivity index is 1.54. The van der Waals surface area contributed by atoms with Crippen LogP contribution in [-0.2, 0) is 9.53 Å². The number of nitrogens with zero attached hydrogens (tertiary/aromatic N) is 1. The van der Waals surface area contributed by atoms with Crippen molar-refractivity contribution in [2.24, 2.45) is 16.7 Å². The fourth-order valence-electron chi connectivity index (χ4n) is 4.86.